The van der Waals surface area contributed by atoms with E-state index >= 15 is 0 Å². The number of nitrogens with zero attached hydrogens (tertiary/aromatic N) is 3. The molecule has 0 bridgehead atoms. The third-order valence-electron chi connectivity index (χ3n) is 3.72. The molecule has 3 rings (SSSR count). The van der Waals surface area contributed by atoms with Crippen LogP contribution in [0.4, 0.5) is 18.9 Å². The van der Waals surface area contributed by atoms with Gasteiger partial charge in [0.2, 0.25) is 5.88 Å². The molecule has 0 radical (unpaired) electrons. The van der Waals surface area contributed by atoms with Crippen molar-refractivity contribution in [3.63, 3.8) is 0 Å². The maximum absolute atomic E-state index is 13.1. The maximum atomic E-state index is 13.1. The maximum Gasteiger partial charge on any atom is 0.435 e. The van der Waals surface area contributed by atoms with Crippen LogP contribution in [0.3, 0.4) is 0 Å². The number of alkyl halides is 3. The average Bonchev–Trinajstić information content (AvgIpc) is 3.12. The number of para-hydroxylation sites is 2. The number of rotatable bonds is 5. The van der Waals surface area contributed by atoms with Crippen LogP contribution in [0.1, 0.15) is 11.3 Å². The van der Waals surface area contributed by atoms with E-state index in [1.807, 2.05) is 6.07 Å². The highest BCUT2D eigenvalue weighted by Crippen LogP contribution is 2.33. The van der Waals surface area contributed by atoms with Gasteiger partial charge in [-0.3, -0.25) is 4.79 Å². The molecule has 1 amide bonds. The van der Waals surface area contributed by atoms with E-state index < -0.39 is 24.4 Å². The number of amides is 1. The Hall–Kier alpha value is -3.51. The molecule has 0 unspecified atom stereocenters. The summed E-state index contributed by atoms with van der Waals surface area (Å²) in [6.07, 6.45) is -4.71. The highest BCUT2D eigenvalue weighted by atomic mass is 35.5. The van der Waals surface area contributed by atoms with Crippen LogP contribution in [0, 0.1) is 11.3 Å². The van der Waals surface area contributed by atoms with Gasteiger partial charge in [-0.25, -0.2) is 0 Å². The first kappa shape index (κ1) is 20.2. The van der Waals surface area contributed by atoms with Crippen molar-refractivity contribution in [2.24, 2.45) is 0 Å². The lowest BCUT2D eigenvalue weighted by atomic mass is 10.2. The van der Waals surface area contributed by atoms with Gasteiger partial charge in [-0.1, -0.05) is 35.9 Å². The molecule has 0 atom stereocenters. The van der Waals surface area contributed by atoms with E-state index in [0.29, 0.717) is 6.07 Å². The van der Waals surface area contributed by atoms with Crippen molar-refractivity contribution in [2.45, 2.75) is 6.18 Å². The van der Waals surface area contributed by atoms with Crippen molar-refractivity contribution in [2.75, 3.05) is 11.9 Å². The van der Waals surface area contributed by atoms with Crippen molar-refractivity contribution in [3.8, 4) is 17.6 Å². The van der Waals surface area contributed by atoms with E-state index in [0.717, 1.165) is 4.68 Å². The number of ether oxygens (including phenoxy) is 1. The van der Waals surface area contributed by atoms with E-state index in [-0.39, 0.29) is 27.8 Å². The van der Waals surface area contributed by atoms with Crippen molar-refractivity contribution >= 4 is 23.2 Å². The molecule has 0 fully saturated rings. The van der Waals surface area contributed by atoms with Gasteiger partial charge in [0.15, 0.2) is 12.3 Å². The fourth-order valence-electron chi connectivity index (χ4n) is 2.42. The zero-order chi connectivity index (χ0) is 21.0. The molecule has 0 saturated carbocycles. The molecule has 0 aliphatic rings. The van der Waals surface area contributed by atoms with E-state index in [9.17, 15) is 18.0 Å². The molecule has 0 saturated heterocycles. The number of aromatic nitrogens is 2. The number of carbonyl (C=O) groups is 1. The first-order valence-electron chi connectivity index (χ1n) is 8.13. The van der Waals surface area contributed by atoms with Gasteiger partial charge in [0.1, 0.15) is 6.07 Å². The summed E-state index contributed by atoms with van der Waals surface area (Å²) in [7, 11) is 0. The molecule has 6 nitrogen and oxygen atoms in total. The van der Waals surface area contributed by atoms with E-state index in [1.165, 1.54) is 24.3 Å². The summed E-state index contributed by atoms with van der Waals surface area (Å²) in [4.78, 5) is 12.1. The zero-order valence-electron chi connectivity index (χ0n) is 14.6. The minimum atomic E-state index is -4.71. The third-order valence-corrected chi connectivity index (χ3v) is 4.04. The molecule has 29 heavy (non-hydrogen) atoms. The van der Waals surface area contributed by atoms with Crippen LogP contribution < -0.4 is 10.1 Å². The molecule has 0 spiro atoms. The van der Waals surface area contributed by atoms with Crippen LogP contribution in [0.15, 0.2) is 54.6 Å². The Morgan fingerprint density at radius 1 is 1.21 bits per heavy atom. The van der Waals surface area contributed by atoms with E-state index in [4.69, 9.17) is 21.6 Å². The Morgan fingerprint density at radius 3 is 2.59 bits per heavy atom. The standard InChI is InChI=1S/C19H12ClF3N4O2/c20-13-6-2-4-8-15(13)27-18(9-16(26-27)19(21,22)23)29-11-17(28)25-14-7-3-1-5-12(14)10-24/h1-9H,11H2,(H,25,28). The van der Waals surface area contributed by atoms with Gasteiger partial charge in [0.05, 0.1) is 22.0 Å². The van der Waals surface area contributed by atoms with Crippen molar-refractivity contribution in [3.05, 3.63) is 70.9 Å². The number of hydrogen-bond acceptors (Lipinski definition) is 4. The van der Waals surface area contributed by atoms with Crippen LogP contribution in [0.2, 0.25) is 5.02 Å². The summed E-state index contributed by atoms with van der Waals surface area (Å²) in [5.74, 6) is -0.970. The number of anilines is 1. The first-order chi connectivity index (χ1) is 13.8. The summed E-state index contributed by atoms with van der Waals surface area (Å²) in [5.41, 5.74) is -0.530. The number of carbonyl (C=O) groups excluding carboxylic acids is 1. The molecule has 1 heterocycles. The highest BCUT2D eigenvalue weighted by molar-refractivity contribution is 6.32. The second kappa shape index (κ2) is 8.24. The Labute approximate surface area is 168 Å². The second-order valence-electron chi connectivity index (χ2n) is 5.72. The van der Waals surface area contributed by atoms with Gasteiger partial charge in [0.25, 0.3) is 5.91 Å². The Morgan fingerprint density at radius 2 is 1.90 bits per heavy atom. The number of hydrogen-bond donors (Lipinski definition) is 1. The molecule has 10 heteroatoms. The zero-order valence-corrected chi connectivity index (χ0v) is 15.3. The van der Waals surface area contributed by atoms with Gasteiger partial charge < -0.3 is 10.1 Å². The number of nitrogens with one attached hydrogen (secondary N) is 1. The van der Waals surface area contributed by atoms with Crippen molar-refractivity contribution in [1.29, 1.82) is 5.26 Å². The molecule has 2 aromatic carbocycles. The molecule has 0 aliphatic carbocycles. The topological polar surface area (TPSA) is 79.9 Å². The van der Waals surface area contributed by atoms with Gasteiger partial charge >= 0.3 is 6.18 Å². The van der Waals surface area contributed by atoms with Crippen LogP contribution in [0.5, 0.6) is 5.88 Å². The summed E-state index contributed by atoms with van der Waals surface area (Å²) in [6, 6.07) is 15.0. The first-order valence-corrected chi connectivity index (χ1v) is 8.51. The lowest BCUT2D eigenvalue weighted by molar-refractivity contribution is -0.141. The van der Waals surface area contributed by atoms with Crippen LogP contribution in [0.25, 0.3) is 5.69 Å². The molecule has 1 N–H and O–H groups in total. The lowest BCUT2D eigenvalue weighted by Crippen LogP contribution is -2.21. The number of halogens is 4. The highest BCUT2D eigenvalue weighted by Gasteiger charge is 2.36. The normalized spacial score (nSPS) is 11.0. The summed E-state index contributed by atoms with van der Waals surface area (Å²) in [6.45, 7) is -0.604. The Balaban J connectivity index is 1.83. The monoisotopic (exact) mass is 420 g/mol. The fourth-order valence-corrected chi connectivity index (χ4v) is 2.63. The summed E-state index contributed by atoms with van der Waals surface area (Å²) in [5, 5.41) is 15.2. The van der Waals surface area contributed by atoms with Gasteiger partial charge in [-0.05, 0) is 24.3 Å². The van der Waals surface area contributed by atoms with E-state index in [2.05, 4.69) is 10.4 Å². The van der Waals surface area contributed by atoms with E-state index in [1.54, 1.807) is 24.3 Å². The molecule has 1 aromatic heterocycles. The minimum Gasteiger partial charge on any atom is -0.467 e. The number of nitriles is 1. The molecular formula is C19H12ClF3N4O2. The predicted octanol–water partition coefficient (Wildman–Crippen LogP) is 4.43. The minimum absolute atomic E-state index is 0.154. The molecule has 3 aromatic rings. The van der Waals surface area contributed by atoms with Crippen LogP contribution in [-0.2, 0) is 11.0 Å². The second-order valence-corrected chi connectivity index (χ2v) is 6.13. The quantitative estimate of drug-likeness (QED) is 0.662. The van der Waals surface area contributed by atoms with Gasteiger partial charge in [0, 0.05) is 6.07 Å². The van der Waals surface area contributed by atoms with Crippen LogP contribution in [-0.4, -0.2) is 22.3 Å². The summed E-state index contributed by atoms with van der Waals surface area (Å²) < 4.78 is 45.4. The Bertz CT molecular complexity index is 1090. The van der Waals surface area contributed by atoms with Crippen LogP contribution >= 0.6 is 11.6 Å². The predicted molar refractivity (Wildman–Crippen MR) is 98.9 cm³/mol. The third kappa shape index (κ3) is 4.67. The number of benzene rings is 2. The molecular weight excluding hydrogens is 409 g/mol. The average molecular weight is 421 g/mol. The smallest absolute Gasteiger partial charge is 0.435 e. The largest absolute Gasteiger partial charge is 0.467 e. The SMILES string of the molecule is N#Cc1ccccc1NC(=O)COc1cc(C(F)(F)F)nn1-c1ccccc1Cl. The fraction of sp³-hybridized carbons (Fsp3) is 0.105. The summed E-state index contributed by atoms with van der Waals surface area (Å²) >= 11 is 6.05. The lowest BCUT2D eigenvalue weighted by Gasteiger charge is -2.11. The van der Waals surface area contributed by atoms with Gasteiger partial charge in [-0.15, -0.1) is 0 Å². The Kier molecular flexibility index (Phi) is 5.75. The molecule has 0 aliphatic heterocycles. The van der Waals surface area contributed by atoms with Gasteiger partial charge in [-0.2, -0.15) is 28.2 Å². The van der Waals surface area contributed by atoms with Crippen molar-refractivity contribution in [1.82, 2.24) is 9.78 Å². The molecule has 148 valence electrons. The van der Waals surface area contributed by atoms with Crippen molar-refractivity contribution < 1.29 is 22.7 Å².